The van der Waals surface area contributed by atoms with E-state index in [1.165, 1.54) is 12.3 Å². The predicted octanol–water partition coefficient (Wildman–Crippen LogP) is 2.51. The molecule has 0 amide bonds. The van der Waals surface area contributed by atoms with Gasteiger partial charge in [0.05, 0.1) is 6.20 Å². The molecular weight excluding hydrogens is 229 g/mol. The molecule has 1 unspecified atom stereocenters. The first kappa shape index (κ1) is 12.6. The summed E-state index contributed by atoms with van der Waals surface area (Å²) in [6.45, 7) is 2.84. The fourth-order valence-electron chi connectivity index (χ4n) is 1.90. The normalized spacial score (nSPS) is 12.3. The molecule has 2 aromatic rings. The second-order valence-electron chi connectivity index (χ2n) is 4.07. The van der Waals surface area contributed by atoms with E-state index in [2.05, 4.69) is 15.3 Å². The molecular formula is C14H16FN3. The van der Waals surface area contributed by atoms with Gasteiger partial charge in [-0.15, -0.1) is 0 Å². The third-order valence-electron chi connectivity index (χ3n) is 2.72. The Morgan fingerprint density at radius 3 is 2.89 bits per heavy atom. The summed E-state index contributed by atoms with van der Waals surface area (Å²) in [5, 5.41) is 3.33. The van der Waals surface area contributed by atoms with Gasteiger partial charge in [-0.05, 0) is 30.3 Å². The molecule has 1 N–H and O–H groups in total. The average Bonchev–Trinajstić information content (AvgIpc) is 2.39. The standard InChI is InChI=1S/C14H16FN3/c1-2-17-14(8-13-5-3-4-6-18-13)11-7-12(15)10-16-9-11/h3-7,9-10,14,17H,2,8H2,1H3. The van der Waals surface area contributed by atoms with Gasteiger partial charge in [0.2, 0.25) is 0 Å². The van der Waals surface area contributed by atoms with Crippen LogP contribution in [0.2, 0.25) is 0 Å². The van der Waals surface area contributed by atoms with Gasteiger partial charge >= 0.3 is 0 Å². The highest BCUT2D eigenvalue weighted by Gasteiger charge is 2.12. The highest BCUT2D eigenvalue weighted by molar-refractivity contribution is 5.18. The molecule has 94 valence electrons. The molecule has 2 heterocycles. The maximum absolute atomic E-state index is 13.2. The SMILES string of the molecule is CCNC(Cc1ccccn1)c1cncc(F)c1. The number of hydrogen-bond acceptors (Lipinski definition) is 3. The van der Waals surface area contributed by atoms with Gasteiger partial charge in [0.1, 0.15) is 5.82 Å². The molecule has 0 saturated heterocycles. The smallest absolute Gasteiger partial charge is 0.141 e. The van der Waals surface area contributed by atoms with Gasteiger partial charge in [-0.2, -0.15) is 0 Å². The van der Waals surface area contributed by atoms with Crippen LogP contribution < -0.4 is 5.32 Å². The minimum Gasteiger partial charge on any atom is -0.310 e. The average molecular weight is 245 g/mol. The summed E-state index contributed by atoms with van der Waals surface area (Å²) in [6, 6.07) is 7.36. The molecule has 0 bridgehead atoms. The Hall–Kier alpha value is -1.81. The number of aromatic nitrogens is 2. The molecule has 0 aromatic carbocycles. The van der Waals surface area contributed by atoms with E-state index < -0.39 is 0 Å². The summed E-state index contributed by atoms with van der Waals surface area (Å²) in [7, 11) is 0. The van der Waals surface area contributed by atoms with Gasteiger partial charge in [0.25, 0.3) is 0 Å². The Kier molecular flexibility index (Phi) is 4.36. The zero-order chi connectivity index (χ0) is 12.8. The Morgan fingerprint density at radius 2 is 2.22 bits per heavy atom. The molecule has 0 aliphatic rings. The summed E-state index contributed by atoms with van der Waals surface area (Å²) < 4.78 is 13.2. The van der Waals surface area contributed by atoms with E-state index in [9.17, 15) is 4.39 Å². The van der Waals surface area contributed by atoms with Crippen LogP contribution in [-0.4, -0.2) is 16.5 Å². The van der Waals surface area contributed by atoms with Gasteiger partial charge in [-0.3, -0.25) is 9.97 Å². The summed E-state index contributed by atoms with van der Waals surface area (Å²) in [6.07, 6.45) is 5.40. The van der Waals surface area contributed by atoms with Crippen LogP contribution in [0.5, 0.6) is 0 Å². The van der Waals surface area contributed by atoms with E-state index in [1.807, 2.05) is 25.1 Å². The molecule has 2 rings (SSSR count). The van der Waals surface area contributed by atoms with E-state index in [0.29, 0.717) is 0 Å². The van der Waals surface area contributed by atoms with Gasteiger partial charge in [0.15, 0.2) is 0 Å². The third kappa shape index (κ3) is 3.34. The van der Waals surface area contributed by atoms with E-state index in [1.54, 1.807) is 12.4 Å². The molecule has 1 atom stereocenters. The van der Waals surface area contributed by atoms with Crippen LogP contribution >= 0.6 is 0 Å². The van der Waals surface area contributed by atoms with Crippen molar-refractivity contribution >= 4 is 0 Å². The Morgan fingerprint density at radius 1 is 1.33 bits per heavy atom. The first-order valence-electron chi connectivity index (χ1n) is 6.03. The summed E-state index contributed by atoms with van der Waals surface area (Å²) in [5.41, 5.74) is 1.83. The zero-order valence-corrected chi connectivity index (χ0v) is 10.3. The maximum Gasteiger partial charge on any atom is 0.141 e. The van der Waals surface area contributed by atoms with E-state index in [-0.39, 0.29) is 11.9 Å². The molecule has 18 heavy (non-hydrogen) atoms. The second kappa shape index (κ2) is 6.21. The molecule has 0 fully saturated rings. The van der Waals surface area contributed by atoms with Crippen LogP contribution in [0, 0.1) is 5.82 Å². The highest BCUT2D eigenvalue weighted by Crippen LogP contribution is 2.17. The van der Waals surface area contributed by atoms with Crippen molar-refractivity contribution in [2.24, 2.45) is 0 Å². The number of nitrogens with one attached hydrogen (secondary N) is 1. The topological polar surface area (TPSA) is 37.8 Å². The number of pyridine rings is 2. The molecule has 0 aliphatic carbocycles. The minimum absolute atomic E-state index is 0.0353. The van der Waals surface area contributed by atoms with Crippen LogP contribution in [0.1, 0.15) is 24.2 Å². The second-order valence-corrected chi connectivity index (χ2v) is 4.07. The van der Waals surface area contributed by atoms with Crippen LogP contribution in [0.3, 0.4) is 0 Å². The number of hydrogen-bond donors (Lipinski definition) is 1. The fraction of sp³-hybridized carbons (Fsp3) is 0.286. The summed E-state index contributed by atoms with van der Waals surface area (Å²) >= 11 is 0. The molecule has 4 heteroatoms. The third-order valence-corrected chi connectivity index (χ3v) is 2.72. The number of rotatable bonds is 5. The lowest BCUT2D eigenvalue weighted by molar-refractivity contribution is 0.534. The van der Waals surface area contributed by atoms with Crippen molar-refractivity contribution in [1.29, 1.82) is 0 Å². The summed E-state index contributed by atoms with van der Waals surface area (Å²) in [5.74, 6) is -0.309. The lowest BCUT2D eigenvalue weighted by atomic mass is 10.0. The highest BCUT2D eigenvalue weighted by atomic mass is 19.1. The Balaban J connectivity index is 2.18. The summed E-state index contributed by atoms with van der Waals surface area (Å²) in [4.78, 5) is 8.19. The van der Waals surface area contributed by atoms with Crippen molar-refractivity contribution in [2.45, 2.75) is 19.4 Å². The van der Waals surface area contributed by atoms with Crippen molar-refractivity contribution in [1.82, 2.24) is 15.3 Å². The zero-order valence-electron chi connectivity index (χ0n) is 10.3. The van der Waals surface area contributed by atoms with Crippen molar-refractivity contribution in [3.05, 3.63) is 59.9 Å². The van der Waals surface area contributed by atoms with Gasteiger partial charge in [-0.25, -0.2) is 4.39 Å². The molecule has 0 spiro atoms. The van der Waals surface area contributed by atoms with Crippen molar-refractivity contribution in [3.8, 4) is 0 Å². The first-order valence-corrected chi connectivity index (χ1v) is 6.03. The van der Waals surface area contributed by atoms with Crippen LogP contribution in [0.25, 0.3) is 0 Å². The first-order chi connectivity index (χ1) is 8.79. The van der Waals surface area contributed by atoms with Crippen LogP contribution in [0.4, 0.5) is 4.39 Å². The van der Waals surface area contributed by atoms with Gasteiger partial charge in [-0.1, -0.05) is 13.0 Å². The van der Waals surface area contributed by atoms with Gasteiger partial charge in [0, 0.05) is 30.6 Å². The van der Waals surface area contributed by atoms with Crippen LogP contribution in [0.15, 0.2) is 42.9 Å². The van der Waals surface area contributed by atoms with Crippen molar-refractivity contribution in [3.63, 3.8) is 0 Å². The monoisotopic (exact) mass is 245 g/mol. The van der Waals surface area contributed by atoms with Crippen molar-refractivity contribution < 1.29 is 4.39 Å². The molecule has 0 saturated carbocycles. The maximum atomic E-state index is 13.2. The van der Waals surface area contributed by atoms with Crippen molar-refractivity contribution in [2.75, 3.05) is 6.54 Å². The Bertz CT molecular complexity index is 487. The Labute approximate surface area is 106 Å². The lowest BCUT2D eigenvalue weighted by Crippen LogP contribution is -2.23. The molecule has 0 radical (unpaired) electrons. The lowest BCUT2D eigenvalue weighted by Gasteiger charge is -2.17. The molecule has 2 aromatic heterocycles. The quantitative estimate of drug-likeness (QED) is 0.879. The van der Waals surface area contributed by atoms with Gasteiger partial charge < -0.3 is 5.32 Å². The minimum atomic E-state index is -0.309. The predicted molar refractivity (Wildman–Crippen MR) is 68.6 cm³/mol. The number of halogens is 1. The number of likely N-dealkylation sites (N-methyl/N-ethyl adjacent to an activating group) is 1. The van der Waals surface area contributed by atoms with E-state index in [4.69, 9.17) is 0 Å². The van der Waals surface area contributed by atoms with E-state index in [0.717, 1.165) is 24.2 Å². The molecule has 3 nitrogen and oxygen atoms in total. The fourth-order valence-corrected chi connectivity index (χ4v) is 1.90. The largest absolute Gasteiger partial charge is 0.310 e. The molecule has 0 aliphatic heterocycles. The number of nitrogens with zero attached hydrogens (tertiary/aromatic N) is 2. The van der Waals surface area contributed by atoms with E-state index >= 15 is 0 Å². The van der Waals surface area contributed by atoms with Crippen LogP contribution in [-0.2, 0) is 6.42 Å².